The zero-order chi connectivity index (χ0) is 12.5. The highest BCUT2D eigenvalue weighted by Gasteiger charge is 2.30. The van der Waals surface area contributed by atoms with E-state index in [4.69, 9.17) is 5.73 Å². The van der Waals surface area contributed by atoms with E-state index in [0.29, 0.717) is 19.5 Å². The van der Waals surface area contributed by atoms with Crippen molar-refractivity contribution in [2.24, 2.45) is 0 Å². The predicted molar refractivity (Wildman–Crippen MR) is 60.7 cm³/mol. The molecule has 0 spiro atoms. The second-order valence-corrected chi connectivity index (χ2v) is 6.57. The number of sulfonamides is 1. The molecule has 17 heavy (non-hydrogen) atoms. The molecule has 0 aliphatic carbocycles. The van der Waals surface area contributed by atoms with Crippen LogP contribution in [0.1, 0.15) is 0 Å². The van der Waals surface area contributed by atoms with E-state index in [0.717, 1.165) is 11.3 Å². The van der Waals surface area contributed by atoms with Gasteiger partial charge in [0.05, 0.1) is 0 Å². The first kappa shape index (κ1) is 12.2. The van der Waals surface area contributed by atoms with E-state index in [2.05, 4.69) is 10.2 Å². The topological polar surface area (TPSA) is 109 Å². The molecule has 0 bridgehead atoms. The lowest BCUT2D eigenvalue weighted by Crippen LogP contribution is -2.47. The van der Waals surface area contributed by atoms with Crippen LogP contribution in [-0.4, -0.2) is 60.4 Å². The van der Waals surface area contributed by atoms with Crippen LogP contribution in [-0.2, 0) is 14.8 Å². The molecule has 1 aromatic heterocycles. The van der Waals surface area contributed by atoms with Gasteiger partial charge in [0.15, 0.2) is 0 Å². The van der Waals surface area contributed by atoms with Crippen molar-refractivity contribution in [1.29, 1.82) is 0 Å². The minimum absolute atomic E-state index is 0.102. The number of piperazine rings is 1. The molecule has 0 unspecified atom stereocenters. The second-order valence-electron chi connectivity index (χ2n) is 3.45. The van der Waals surface area contributed by atoms with E-state index in [-0.39, 0.29) is 22.6 Å². The summed E-state index contributed by atoms with van der Waals surface area (Å²) in [5.74, 6) is 0. The number of aromatic nitrogens is 2. The number of hydrogen-bond acceptors (Lipinski definition) is 7. The number of anilines is 1. The van der Waals surface area contributed by atoms with Crippen LogP contribution >= 0.6 is 11.3 Å². The summed E-state index contributed by atoms with van der Waals surface area (Å²) in [5, 5.41) is 7.14. The molecule has 94 valence electrons. The zero-order valence-corrected chi connectivity index (χ0v) is 10.4. The number of carbonyl (C=O) groups is 1. The Morgan fingerprint density at radius 1 is 1.24 bits per heavy atom. The molecule has 2 rings (SSSR count). The van der Waals surface area contributed by atoms with Crippen molar-refractivity contribution >= 4 is 32.9 Å². The van der Waals surface area contributed by atoms with E-state index in [1.165, 1.54) is 9.21 Å². The Bertz CT molecular complexity index is 505. The van der Waals surface area contributed by atoms with Crippen molar-refractivity contribution in [3.63, 3.8) is 0 Å². The summed E-state index contributed by atoms with van der Waals surface area (Å²) in [4.78, 5) is 12.0. The zero-order valence-electron chi connectivity index (χ0n) is 8.81. The third-order valence-corrected chi connectivity index (χ3v) is 5.40. The molecule has 10 heteroatoms. The Kier molecular flexibility index (Phi) is 3.26. The van der Waals surface area contributed by atoms with E-state index < -0.39 is 10.0 Å². The molecule has 1 aliphatic heterocycles. The van der Waals surface area contributed by atoms with Gasteiger partial charge in [-0.1, -0.05) is 11.3 Å². The van der Waals surface area contributed by atoms with Crippen molar-refractivity contribution in [1.82, 2.24) is 19.4 Å². The number of nitrogens with zero attached hydrogens (tertiary/aromatic N) is 4. The van der Waals surface area contributed by atoms with Gasteiger partial charge in [0.1, 0.15) is 0 Å². The van der Waals surface area contributed by atoms with Gasteiger partial charge in [-0.25, -0.2) is 8.42 Å². The molecule has 2 heterocycles. The van der Waals surface area contributed by atoms with E-state index in [1.54, 1.807) is 0 Å². The van der Waals surface area contributed by atoms with Crippen LogP contribution < -0.4 is 5.73 Å². The van der Waals surface area contributed by atoms with Crippen LogP contribution in [0.5, 0.6) is 0 Å². The quantitative estimate of drug-likeness (QED) is 0.679. The smallest absolute Gasteiger partial charge is 0.272 e. The predicted octanol–water partition coefficient (Wildman–Crippen LogP) is -1.42. The summed E-state index contributed by atoms with van der Waals surface area (Å²) in [7, 11) is -3.62. The van der Waals surface area contributed by atoms with Gasteiger partial charge < -0.3 is 10.6 Å². The van der Waals surface area contributed by atoms with Gasteiger partial charge in [0, 0.05) is 26.2 Å². The molecule has 1 saturated heterocycles. The van der Waals surface area contributed by atoms with Gasteiger partial charge in [-0.15, -0.1) is 10.2 Å². The minimum Gasteiger partial charge on any atom is -0.374 e. The Balaban J connectivity index is 2.15. The Morgan fingerprint density at radius 2 is 1.88 bits per heavy atom. The van der Waals surface area contributed by atoms with Crippen molar-refractivity contribution in [2.75, 3.05) is 31.9 Å². The monoisotopic (exact) mass is 277 g/mol. The molecule has 0 atom stereocenters. The van der Waals surface area contributed by atoms with E-state index in [9.17, 15) is 13.2 Å². The van der Waals surface area contributed by atoms with Crippen LogP contribution in [0, 0.1) is 0 Å². The highest BCUT2D eigenvalue weighted by molar-refractivity contribution is 7.91. The normalized spacial score (nSPS) is 18.2. The second kappa shape index (κ2) is 4.55. The van der Waals surface area contributed by atoms with Gasteiger partial charge in [-0.3, -0.25) is 4.79 Å². The fourth-order valence-corrected chi connectivity index (χ4v) is 3.83. The molecule has 1 aromatic rings. The maximum atomic E-state index is 12.1. The number of amides is 1. The van der Waals surface area contributed by atoms with Crippen molar-refractivity contribution in [3.8, 4) is 0 Å². The number of rotatable bonds is 3. The van der Waals surface area contributed by atoms with Gasteiger partial charge in [0.25, 0.3) is 10.0 Å². The van der Waals surface area contributed by atoms with Crippen molar-refractivity contribution in [2.45, 2.75) is 4.34 Å². The van der Waals surface area contributed by atoms with Gasteiger partial charge in [-0.05, 0) is 0 Å². The minimum atomic E-state index is -3.62. The molecule has 1 amide bonds. The molecular formula is C7H11N5O3S2. The number of nitrogens with two attached hydrogens (primary N) is 1. The Morgan fingerprint density at radius 3 is 2.35 bits per heavy atom. The SMILES string of the molecule is Nc1nnc(S(=O)(=O)N2CCN(C=O)CC2)s1. The summed E-state index contributed by atoms with van der Waals surface area (Å²) in [6.45, 7) is 1.30. The molecule has 0 aromatic carbocycles. The van der Waals surface area contributed by atoms with E-state index in [1.807, 2.05) is 0 Å². The van der Waals surface area contributed by atoms with Gasteiger partial charge in [-0.2, -0.15) is 4.31 Å². The summed E-state index contributed by atoms with van der Waals surface area (Å²) in [5.41, 5.74) is 5.36. The van der Waals surface area contributed by atoms with Crippen LogP contribution in [0.3, 0.4) is 0 Å². The first-order chi connectivity index (χ1) is 8.04. The average Bonchev–Trinajstić information content (AvgIpc) is 2.77. The van der Waals surface area contributed by atoms with Gasteiger partial charge >= 0.3 is 0 Å². The molecule has 0 radical (unpaired) electrons. The maximum absolute atomic E-state index is 12.1. The van der Waals surface area contributed by atoms with Crippen molar-refractivity contribution < 1.29 is 13.2 Å². The van der Waals surface area contributed by atoms with Crippen LogP contribution in [0.25, 0.3) is 0 Å². The standard InChI is InChI=1S/C7H11N5O3S2/c8-6-9-10-7(16-6)17(14,15)12-3-1-11(5-13)2-4-12/h5H,1-4H2,(H2,8,9). The third-order valence-electron chi connectivity index (χ3n) is 2.40. The largest absolute Gasteiger partial charge is 0.374 e. The van der Waals surface area contributed by atoms with E-state index >= 15 is 0 Å². The molecule has 8 nitrogen and oxygen atoms in total. The molecule has 0 saturated carbocycles. The van der Waals surface area contributed by atoms with Crippen LogP contribution in [0.2, 0.25) is 0 Å². The maximum Gasteiger partial charge on any atom is 0.272 e. The molecular weight excluding hydrogens is 266 g/mol. The average molecular weight is 277 g/mol. The Hall–Kier alpha value is -1.26. The fraction of sp³-hybridized carbons (Fsp3) is 0.571. The fourth-order valence-electron chi connectivity index (χ4n) is 1.48. The first-order valence-corrected chi connectivity index (χ1v) is 7.08. The summed E-state index contributed by atoms with van der Waals surface area (Å²) >= 11 is 0.838. The lowest BCUT2D eigenvalue weighted by Gasteiger charge is -2.30. The summed E-state index contributed by atoms with van der Waals surface area (Å²) < 4.78 is 25.3. The summed E-state index contributed by atoms with van der Waals surface area (Å²) in [6, 6.07) is 0. The molecule has 1 fully saturated rings. The number of hydrogen-bond donors (Lipinski definition) is 1. The highest BCUT2D eigenvalue weighted by atomic mass is 32.2. The number of nitrogen functional groups attached to an aromatic ring is 1. The van der Waals surface area contributed by atoms with Crippen molar-refractivity contribution in [3.05, 3.63) is 0 Å². The lowest BCUT2D eigenvalue weighted by atomic mass is 10.4. The first-order valence-electron chi connectivity index (χ1n) is 4.82. The Labute approximate surface area is 102 Å². The molecule has 2 N–H and O–H groups in total. The van der Waals surface area contributed by atoms with Crippen LogP contribution in [0.15, 0.2) is 4.34 Å². The third kappa shape index (κ3) is 2.37. The molecule has 1 aliphatic rings. The highest BCUT2D eigenvalue weighted by Crippen LogP contribution is 2.21. The lowest BCUT2D eigenvalue weighted by molar-refractivity contribution is -0.119. The van der Waals surface area contributed by atoms with Crippen LogP contribution in [0.4, 0.5) is 5.13 Å². The van der Waals surface area contributed by atoms with Gasteiger partial charge in [0.2, 0.25) is 15.9 Å². The summed E-state index contributed by atoms with van der Waals surface area (Å²) in [6.07, 6.45) is 0.715. The number of carbonyl (C=O) groups excluding carboxylic acids is 1.